The first-order valence-electron chi connectivity index (χ1n) is 6.31. The van der Waals surface area contributed by atoms with Crippen LogP contribution in [0.4, 0.5) is 0 Å². The van der Waals surface area contributed by atoms with Gasteiger partial charge in [-0.2, -0.15) is 9.57 Å². The summed E-state index contributed by atoms with van der Waals surface area (Å²) < 4.78 is 26.6. The number of fused-ring (bicyclic) bond motifs is 1. The maximum atomic E-state index is 12.7. The molecule has 2 aromatic carbocycles. The van der Waals surface area contributed by atoms with E-state index < -0.39 is 10.0 Å². The van der Waals surface area contributed by atoms with Crippen LogP contribution in [0.15, 0.2) is 47.4 Å². The summed E-state index contributed by atoms with van der Waals surface area (Å²) in [5.41, 5.74) is 0. The predicted molar refractivity (Wildman–Crippen MR) is 78.6 cm³/mol. The highest BCUT2D eigenvalue weighted by Crippen LogP contribution is 2.26. The number of nitriles is 1. The van der Waals surface area contributed by atoms with Crippen molar-refractivity contribution in [3.63, 3.8) is 0 Å². The molecule has 0 spiro atoms. The molecular weight excluding hydrogens is 272 g/mol. The van der Waals surface area contributed by atoms with Gasteiger partial charge in [-0.05, 0) is 18.4 Å². The third-order valence-electron chi connectivity index (χ3n) is 3.41. The summed E-state index contributed by atoms with van der Waals surface area (Å²) >= 11 is 0. The lowest BCUT2D eigenvalue weighted by atomic mass is 10.1. The molecule has 4 nitrogen and oxygen atoms in total. The van der Waals surface area contributed by atoms with Crippen molar-refractivity contribution in [1.82, 2.24) is 4.31 Å². The summed E-state index contributed by atoms with van der Waals surface area (Å²) in [7, 11) is -2.09. The Morgan fingerprint density at radius 2 is 1.85 bits per heavy atom. The van der Waals surface area contributed by atoms with E-state index in [1.807, 2.05) is 30.3 Å². The van der Waals surface area contributed by atoms with E-state index >= 15 is 0 Å². The zero-order valence-corrected chi connectivity index (χ0v) is 12.3. The van der Waals surface area contributed by atoms with Crippen LogP contribution >= 0.6 is 0 Å². The minimum absolute atomic E-state index is 0.167. The molecule has 0 fully saturated rings. The van der Waals surface area contributed by atoms with Crippen molar-refractivity contribution in [2.45, 2.75) is 24.3 Å². The van der Waals surface area contributed by atoms with Crippen molar-refractivity contribution in [3.8, 4) is 6.07 Å². The zero-order chi connectivity index (χ0) is 14.8. The van der Waals surface area contributed by atoms with Gasteiger partial charge < -0.3 is 0 Å². The molecule has 5 heteroatoms. The standard InChI is InChI=1S/C15H16N2O2S/c1-12(10-11-16)17(2)20(18,19)15-9-5-7-13-6-3-4-8-14(13)15/h3-9,12H,10H2,1-2H3. The fraction of sp³-hybridized carbons (Fsp3) is 0.267. The van der Waals surface area contributed by atoms with E-state index in [9.17, 15) is 8.42 Å². The lowest BCUT2D eigenvalue weighted by molar-refractivity contribution is 0.393. The van der Waals surface area contributed by atoms with Gasteiger partial charge in [-0.1, -0.05) is 36.4 Å². The maximum absolute atomic E-state index is 12.7. The number of hydrogen-bond acceptors (Lipinski definition) is 3. The van der Waals surface area contributed by atoms with Gasteiger partial charge in [0.2, 0.25) is 10.0 Å². The Labute approximate surface area is 119 Å². The van der Waals surface area contributed by atoms with Gasteiger partial charge in [-0.3, -0.25) is 0 Å². The second-order valence-electron chi connectivity index (χ2n) is 4.71. The van der Waals surface area contributed by atoms with E-state index in [0.29, 0.717) is 5.39 Å². The molecule has 0 aliphatic carbocycles. The van der Waals surface area contributed by atoms with Gasteiger partial charge in [0.25, 0.3) is 0 Å². The van der Waals surface area contributed by atoms with E-state index in [1.165, 1.54) is 11.4 Å². The molecule has 20 heavy (non-hydrogen) atoms. The van der Waals surface area contributed by atoms with Crippen LogP contribution in [0.5, 0.6) is 0 Å². The molecule has 1 atom stereocenters. The first kappa shape index (κ1) is 14.5. The van der Waals surface area contributed by atoms with E-state index in [4.69, 9.17) is 5.26 Å². The van der Waals surface area contributed by atoms with Crippen molar-refractivity contribution in [2.24, 2.45) is 0 Å². The van der Waals surface area contributed by atoms with Crippen molar-refractivity contribution >= 4 is 20.8 Å². The van der Waals surface area contributed by atoms with Crippen LogP contribution < -0.4 is 0 Å². The summed E-state index contributed by atoms with van der Waals surface area (Å²) in [5, 5.41) is 10.3. The van der Waals surface area contributed by atoms with Gasteiger partial charge in [0, 0.05) is 18.5 Å². The first-order chi connectivity index (χ1) is 9.48. The summed E-state index contributed by atoms with van der Waals surface area (Å²) in [4.78, 5) is 0.280. The fourth-order valence-electron chi connectivity index (χ4n) is 2.07. The quantitative estimate of drug-likeness (QED) is 0.869. The molecule has 0 amide bonds. The Kier molecular flexibility index (Phi) is 4.07. The number of rotatable bonds is 4. The van der Waals surface area contributed by atoms with Crippen molar-refractivity contribution in [2.75, 3.05) is 7.05 Å². The van der Waals surface area contributed by atoms with Gasteiger partial charge in [0.1, 0.15) is 0 Å². The van der Waals surface area contributed by atoms with Crippen LogP contribution in [0.3, 0.4) is 0 Å². The predicted octanol–water partition coefficient (Wildman–Crippen LogP) is 2.76. The van der Waals surface area contributed by atoms with E-state index in [2.05, 4.69) is 0 Å². The third-order valence-corrected chi connectivity index (χ3v) is 5.44. The molecule has 2 aromatic rings. The molecule has 0 radical (unpaired) electrons. The number of benzene rings is 2. The van der Waals surface area contributed by atoms with Crippen molar-refractivity contribution in [1.29, 1.82) is 5.26 Å². The van der Waals surface area contributed by atoms with E-state index in [0.717, 1.165) is 5.39 Å². The lowest BCUT2D eigenvalue weighted by Crippen LogP contribution is -2.34. The Morgan fingerprint density at radius 1 is 1.20 bits per heavy atom. The lowest BCUT2D eigenvalue weighted by Gasteiger charge is -2.23. The molecule has 0 N–H and O–H groups in total. The molecule has 0 saturated carbocycles. The number of nitrogens with zero attached hydrogens (tertiary/aromatic N) is 2. The number of sulfonamides is 1. The highest BCUT2D eigenvalue weighted by atomic mass is 32.2. The second-order valence-corrected chi connectivity index (χ2v) is 6.68. The van der Waals surface area contributed by atoms with Crippen LogP contribution in [0.25, 0.3) is 10.8 Å². The third kappa shape index (κ3) is 2.53. The highest BCUT2D eigenvalue weighted by Gasteiger charge is 2.26. The summed E-state index contributed by atoms with van der Waals surface area (Å²) in [6.07, 6.45) is 0.167. The minimum Gasteiger partial charge on any atom is -0.207 e. The number of hydrogen-bond donors (Lipinski definition) is 0. The minimum atomic E-state index is -3.60. The molecule has 0 aliphatic rings. The largest absolute Gasteiger partial charge is 0.243 e. The zero-order valence-electron chi connectivity index (χ0n) is 11.4. The SMILES string of the molecule is CC(CC#N)N(C)S(=O)(=O)c1cccc2ccccc12. The average Bonchev–Trinajstić information content (AvgIpc) is 2.46. The summed E-state index contributed by atoms with van der Waals surface area (Å²) in [5.74, 6) is 0. The van der Waals surface area contributed by atoms with Crippen LogP contribution in [0.1, 0.15) is 13.3 Å². The molecule has 0 bridgehead atoms. The molecule has 0 heterocycles. The van der Waals surface area contributed by atoms with E-state index in [-0.39, 0.29) is 17.4 Å². The van der Waals surface area contributed by atoms with Crippen LogP contribution in [0, 0.1) is 11.3 Å². The fourth-order valence-corrected chi connectivity index (χ4v) is 3.65. The van der Waals surface area contributed by atoms with Gasteiger partial charge >= 0.3 is 0 Å². The van der Waals surface area contributed by atoms with Crippen LogP contribution in [0.2, 0.25) is 0 Å². The van der Waals surface area contributed by atoms with Gasteiger partial charge in [-0.15, -0.1) is 0 Å². The average molecular weight is 288 g/mol. The molecule has 0 saturated heterocycles. The van der Waals surface area contributed by atoms with Crippen molar-refractivity contribution in [3.05, 3.63) is 42.5 Å². The molecule has 2 rings (SSSR count). The second kappa shape index (κ2) is 5.61. The van der Waals surface area contributed by atoms with Gasteiger partial charge in [0.05, 0.1) is 17.4 Å². The normalized spacial score (nSPS) is 13.3. The van der Waals surface area contributed by atoms with Crippen LogP contribution in [-0.4, -0.2) is 25.8 Å². The summed E-state index contributed by atoms with van der Waals surface area (Å²) in [6, 6.07) is 14.2. The monoisotopic (exact) mass is 288 g/mol. The maximum Gasteiger partial charge on any atom is 0.243 e. The van der Waals surface area contributed by atoms with Gasteiger partial charge in [-0.25, -0.2) is 8.42 Å². The topological polar surface area (TPSA) is 61.2 Å². The Balaban J connectivity index is 2.55. The molecule has 104 valence electrons. The highest BCUT2D eigenvalue weighted by molar-refractivity contribution is 7.89. The van der Waals surface area contributed by atoms with Crippen molar-refractivity contribution < 1.29 is 8.42 Å². The molecule has 1 unspecified atom stereocenters. The molecule has 0 aromatic heterocycles. The summed E-state index contributed by atoms with van der Waals surface area (Å²) in [6.45, 7) is 1.73. The Hall–Kier alpha value is -1.90. The van der Waals surface area contributed by atoms with Gasteiger partial charge in [0.15, 0.2) is 0 Å². The molecule has 0 aliphatic heterocycles. The van der Waals surface area contributed by atoms with E-state index in [1.54, 1.807) is 25.1 Å². The Morgan fingerprint density at radius 3 is 2.55 bits per heavy atom. The molecular formula is C15H16N2O2S. The Bertz CT molecular complexity index is 758. The smallest absolute Gasteiger partial charge is 0.207 e. The van der Waals surface area contributed by atoms with Crippen LogP contribution in [-0.2, 0) is 10.0 Å². The first-order valence-corrected chi connectivity index (χ1v) is 7.75.